The number of aromatic nitrogens is 1. The molecule has 2 aromatic rings. The van der Waals surface area contributed by atoms with E-state index in [0.717, 1.165) is 6.07 Å². The molecule has 0 radical (unpaired) electrons. The molecular formula is C22H23N3O6. The molecule has 0 aliphatic carbocycles. The monoisotopic (exact) mass is 425 g/mol. The third-order valence-electron chi connectivity index (χ3n) is 4.83. The van der Waals surface area contributed by atoms with Gasteiger partial charge in [0, 0.05) is 37.0 Å². The second kappa shape index (κ2) is 9.48. The number of hydrogen-bond donors (Lipinski definition) is 1. The Morgan fingerprint density at radius 3 is 2.68 bits per heavy atom. The number of benzene rings is 1. The fraction of sp³-hybridized carbons (Fsp3) is 0.318. The largest absolute Gasteiger partial charge is 0.507 e. The Balaban J connectivity index is 2.04. The summed E-state index contributed by atoms with van der Waals surface area (Å²) in [4.78, 5) is 41.8. The molecule has 1 aliphatic heterocycles. The van der Waals surface area contributed by atoms with Crippen LogP contribution in [0.1, 0.15) is 37.6 Å². The van der Waals surface area contributed by atoms with Crippen LogP contribution >= 0.6 is 0 Å². The third kappa shape index (κ3) is 4.77. The van der Waals surface area contributed by atoms with Gasteiger partial charge in [-0.25, -0.2) is 0 Å². The van der Waals surface area contributed by atoms with Crippen molar-refractivity contribution in [3.05, 3.63) is 75.6 Å². The lowest BCUT2D eigenvalue weighted by molar-refractivity contribution is -0.384. The minimum absolute atomic E-state index is 0.0378. The number of pyridine rings is 1. The van der Waals surface area contributed by atoms with E-state index in [1.165, 1.54) is 29.3 Å². The standard InChI is InChI=1S/C22H23N3O6/c1-14(2)31-12-6-11-24-19(17-9-3-4-10-23-17)18(21(27)22(24)28)20(26)15-7-5-8-16(13-15)25(29)30/h3-5,7-10,13-14,19,26H,6,11-12H2,1-2H3/b20-18-. The van der Waals surface area contributed by atoms with Crippen LogP contribution in [-0.2, 0) is 14.3 Å². The van der Waals surface area contributed by atoms with E-state index in [2.05, 4.69) is 4.98 Å². The van der Waals surface area contributed by atoms with Gasteiger partial charge >= 0.3 is 0 Å². The van der Waals surface area contributed by atoms with Gasteiger partial charge in [0.05, 0.1) is 22.3 Å². The first-order valence-corrected chi connectivity index (χ1v) is 9.87. The molecule has 9 heteroatoms. The number of aliphatic hydroxyl groups is 1. The maximum atomic E-state index is 12.9. The second-order valence-electron chi connectivity index (χ2n) is 7.33. The summed E-state index contributed by atoms with van der Waals surface area (Å²) in [6, 6.07) is 9.47. The van der Waals surface area contributed by atoms with Crippen LogP contribution in [0.25, 0.3) is 5.76 Å². The highest BCUT2D eigenvalue weighted by molar-refractivity contribution is 6.46. The predicted octanol–water partition coefficient (Wildman–Crippen LogP) is 3.23. The number of aliphatic hydroxyl groups excluding tert-OH is 1. The first-order chi connectivity index (χ1) is 14.8. The quantitative estimate of drug-likeness (QED) is 0.172. The van der Waals surface area contributed by atoms with Gasteiger partial charge in [-0.05, 0) is 32.4 Å². The van der Waals surface area contributed by atoms with Crippen LogP contribution in [0.5, 0.6) is 0 Å². The summed E-state index contributed by atoms with van der Waals surface area (Å²) in [5, 5.41) is 22.0. The van der Waals surface area contributed by atoms with Gasteiger partial charge < -0.3 is 14.7 Å². The molecule has 1 aromatic carbocycles. The number of nitro benzene ring substituents is 1. The molecule has 1 aliphatic rings. The molecule has 9 nitrogen and oxygen atoms in total. The van der Waals surface area contributed by atoms with Crippen LogP contribution in [0.15, 0.2) is 54.2 Å². The molecule has 162 valence electrons. The first kappa shape index (κ1) is 22.1. The fourth-order valence-electron chi connectivity index (χ4n) is 3.43. The Hall–Kier alpha value is -3.59. The molecule has 1 saturated heterocycles. The maximum absolute atomic E-state index is 12.9. The Kier molecular flexibility index (Phi) is 6.76. The lowest BCUT2D eigenvalue weighted by Crippen LogP contribution is -2.31. The lowest BCUT2D eigenvalue weighted by atomic mass is 9.98. The molecule has 3 rings (SSSR count). The molecule has 0 spiro atoms. The summed E-state index contributed by atoms with van der Waals surface area (Å²) in [6.07, 6.45) is 2.06. The number of rotatable bonds is 8. The molecule has 1 fully saturated rings. The predicted molar refractivity (Wildman–Crippen MR) is 112 cm³/mol. The summed E-state index contributed by atoms with van der Waals surface area (Å²) in [5.74, 6) is -2.09. The average molecular weight is 425 g/mol. The van der Waals surface area contributed by atoms with E-state index < -0.39 is 28.4 Å². The van der Waals surface area contributed by atoms with Crippen LogP contribution < -0.4 is 0 Å². The molecule has 31 heavy (non-hydrogen) atoms. The number of nitrogens with zero attached hydrogens (tertiary/aromatic N) is 3. The zero-order valence-electron chi connectivity index (χ0n) is 17.2. The number of amides is 1. The molecule has 2 heterocycles. The summed E-state index contributed by atoms with van der Waals surface area (Å²) >= 11 is 0. The molecular weight excluding hydrogens is 402 g/mol. The third-order valence-corrected chi connectivity index (χ3v) is 4.83. The molecule has 1 N–H and O–H groups in total. The van der Waals surface area contributed by atoms with Crippen molar-refractivity contribution in [3.8, 4) is 0 Å². The number of Topliss-reactive ketones (excluding diaryl/α,β-unsaturated/α-hetero) is 1. The van der Waals surface area contributed by atoms with Crippen LogP contribution in [0, 0.1) is 10.1 Å². The number of ether oxygens (including phenoxy) is 1. The van der Waals surface area contributed by atoms with Crippen molar-refractivity contribution in [1.29, 1.82) is 0 Å². The average Bonchev–Trinajstić information content (AvgIpc) is 3.01. The van der Waals surface area contributed by atoms with Gasteiger partial charge in [0.1, 0.15) is 11.8 Å². The number of likely N-dealkylation sites (tertiary alicyclic amines) is 1. The molecule has 1 unspecified atom stereocenters. The Labute approximate surface area is 179 Å². The normalized spacial score (nSPS) is 18.0. The van der Waals surface area contributed by atoms with Crippen molar-refractivity contribution in [2.45, 2.75) is 32.4 Å². The highest BCUT2D eigenvalue weighted by Gasteiger charge is 2.46. The van der Waals surface area contributed by atoms with E-state index in [-0.39, 0.29) is 29.5 Å². The summed E-state index contributed by atoms with van der Waals surface area (Å²) in [7, 11) is 0. The van der Waals surface area contributed by atoms with Crippen LogP contribution in [0.4, 0.5) is 5.69 Å². The molecule has 0 bridgehead atoms. The minimum Gasteiger partial charge on any atom is -0.507 e. The van der Waals surface area contributed by atoms with Gasteiger partial charge in [-0.3, -0.25) is 24.7 Å². The highest BCUT2D eigenvalue weighted by Crippen LogP contribution is 2.38. The highest BCUT2D eigenvalue weighted by atomic mass is 16.6. The van der Waals surface area contributed by atoms with Crippen molar-refractivity contribution in [2.24, 2.45) is 0 Å². The van der Waals surface area contributed by atoms with Crippen molar-refractivity contribution in [3.63, 3.8) is 0 Å². The number of hydrogen-bond acceptors (Lipinski definition) is 7. The van der Waals surface area contributed by atoms with E-state index >= 15 is 0 Å². The van der Waals surface area contributed by atoms with Gasteiger partial charge in [0.25, 0.3) is 17.4 Å². The van der Waals surface area contributed by atoms with E-state index in [9.17, 15) is 24.8 Å². The van der Waals surface area contributed by atoms with Gasteiger partial charge in [0.2, 0.25) is 0 Å². The van der Waals surface area contributed by atoms with Crippen molar-refractivity contribution < 1.29 is 24.4 Å². The maximum Gasteiger partial charge on any atom is 0.295 e. The van der Waals surface area contributed by atoms with Crippen LogP contribution in [0.3, 0.4) is 0 Å². The van der Waals surface area contributed by atoms with Crippen molar-refractivity contribution in [2.75, 3.05) is 13.2 Å². The zero-order chi connectivity index (χ0) is 22.5. The smallest absolute Gasteiger partial charge is 0.295 e. The Bertz CT molecular complexity index is 1020. The van der Waals surface area contributed by atoms with Crippen LogP contribution in [0.2, 0.25) is 0 Å². The van der Waals surface area contributed by atoms with E-state index in [1.54, 1.807) is 18.2 Å². The van der Waals surface area contributed by atoms with Gasteiger partial charge in [-0.2, -0.15) is 0 Å². The number of carbonyl (C=O) groups is 2. The van der Waals surface area contributed by atoms with Gasteiger partial charge in [-0.1, -0.05) is 18.2 Å². The van der Waals surface area contributed by atoms with Gasteiger partial charge in [0.15, 0.2) is 0 Å². The summed E-state index contributed by atoms with van der Waals surface area (Å²) in [6.45, 7) is 4.43. The Morgan fingerprint density at radius 1 is 1.26 bits per heavy atom. The van der Waals surface area contributed by atoms with Gasteiger partial charge in [-0.15, -0.1) is 0 Å². The first-order valence-electron chi connectivity index (χ1n) is 9.87. The van der Waals surface area contributed by atoms with E-state index in [4.69, 9.17) is 4.74 Å². The van der Waals surface area contributed by atoms with E-state index in [0.29, 0.717) is 18.7 Å². The number of carbonyl (C=O) groups excluding carboxylic acids is 2. The molecule has 0 saturated carbocycles. The Morgan fingerprint density at radius 2 is 2.03 bits per heavy atom. The van der Waals surface area contributed by atoms with E-state index in [1.807, 2.05) is 13.8 Å². The lowest BCUT2D eigenvalue weighted by Gasteiger charge is -2.24. The second-order valence-corrected chi connectivity index (χ2v) is 7.33. The summed E-state index contributed by atoms with van der Waals surface area (Å²) < 4.78 is 5.52. The summed E-state index contributed by atoms with van der Waals surface area (Å²) in [5.41, 5.74) is 0.113. The minimum atomic E-state index is -0.903. The number of non-ortho nitro benzene ring substituents is 1. The molecule has 1 aromatic heterocycles. The number of ketones is 1. The number of nitro groups is 1. The molecule has 1 atom stereocenters. The van der Waals surface area contributed by atoms with Crippen LogP contribution in [-0.4, -0.2) is 50.9 Å². The SMILES string of the molecule is CC(C)OCCCN1C(=O)C(=O)/C(=C(\O)c2cccc([N+](=O)[O-])c2)C1c1ccccn1. The topological polar surface area (TPSA) is 123 Å². The molecule has 1 amide bonds. The van der Waals surface area contributed by atoms with Crippen molar-refractivity contribution in [1.82, 2.24) is 9.88 Å². The van der Waals surface area contributed by atoms with Crippen molar-refractivity contribution >= 4 is 23.1 Å². The zero-order valence-corrected chi connectivity index (χ0v) is 17.2. The fourth-order valence-corrected chi connectivity index (χ4v) is 3.43.